The van der Waals surface area contributed by atoms with E-state index in [1.807, 2.05) is 19.4 Å². The standard InChI is InChI=1S/C13H15N3O3S/c1-9-15-11(8-20-9)7-19-13-5-10(6-14-2)3-4-12(13)16(17)18/h3-5,8,14H,6-7H2,1-2H3. The molecule has 7 heteroatoms. The molecule has 0 saturated heterocycles. The van der Waals surface area contributed by atoms with Gasteiger partial charge in [-0.2, -0.15) is 0 Å². The molecule has 0 atom stereocenters. The molecule has 1 N–H and O–H groups in total. The Balaban J connectivity index is 2.18. The summed E-state index contributed by atoms with van der Waals surface area (Å²) < 4.78 is 5.56. The quantitative estimate of drug-likeness (QED) is 0.654. The topological polar surface area (TPSA) is 77.3 Å². The number of nitrogens with one attached hydrogen (secondary N) is 1. The molecule has 0 bridgehead atoms. The number of aryl methyl sites for hydroxylation is 1. The number of nitro groups is 1. The minimum atomic E-state index is -0.440. The van der Waals surface area contributed by atoms with Crippen LogP contribution < -0.4 is 10.1 Å². The zero-order chi connectivity index (χ0) is 14.5. The first-order chi connectivity index (χ1) is 9.60. The normalized spacial score (nSPS) is 10.5. The van der Waals surface area contributed by atoms with Gasteiger partial charge in [-0.3, -0.25) is 10.1 Å². The number of benzene rings is 1. The summed E-state index contributed by atoms with van der Waals surface area (Å²) in [5.74, 6) is 0.272. The second-order valence-corrected chi connectivity index (χ2v) is 5.30. The highest BCUT2D eigenvalue weighted by molar-refractivity contribution is 7.09. The van der Waals surface area contributed by atoms with E-state index in [-0.39, 0.29) is 18.0 Å². The molecule has 0 saturated carbocycles. The van der Waals surface area contributed by atoms with E-state index in [1.54, 1.807) is 12.1 Å². The van der Waals surface area contributed by atoms with Gasteiger partial charge in [0.05, 0.1) is 15.6 Å². The van der Waals surface area contributed by atoms with Crippen molar-refractivity contribution in [3.05, 3.63) is 50.0 Å². The predicted octanol–water partition coefficient (Wildman–Crippen LogP) is 2.66. The van der Waals surface area contributed by atoms with Gasteiger partial charge in [-0.15, -0.1) is 11.3 Å². The molecule has 2 rings (SSSR count). The Morgan fingerprint density at radius 3 is 2.90 bits per heavy atom. The van der Waals surface area contributed by atoms with Gasteiger partial charge in [-0.25, -0.2) is 4.98 Å². The molecule has 0 aliphatic carbocycles. The van der Waals surface area contributed by atoms with Crippen molar-refractivity contribution in [2.45, 2.75) is 20.1 Å². The number of aromatic nitrogens is 1. The second-order valence-electron chi connectivity index (χ2n) is 4.24. The van der Waals surface area contributed by atoms with Gasteiger partial charge >= 0.3 is 5.69 Å². The molecule has 2 aromatic rings. The Bertz CT molecular complexity index is 613. The van der Waals surface area contributed by atoms with Crippen molar-refractivity contribution >= 4 is 17.0 Å². The van der Waals surface area contributed by atoms with Crippen molar-refractivity contribution in [2.24, 2.45) is 0 Å². The van der Waals surface area contributed by atoms with E-state index in [0.29, 0.717) is 6.54 Å². The van der Waals surface area contributed by atoms with Crippen LogP contribution in [0.1, 0.15) is 16.3 Å². The van der Waals surface area contributed by atoms with Crippen molar-refractivity contribution in [2.75, 3.05) is 7.05 Å². The third-order valence-corrected chi connectivity index (χ3v) is 3.47. The summed E-state index contributed by atoms with van der Waals surface area (Å²) in [6, 6.07) is 4.87. The first-order valence-electron chi connectivity index (χ1n) is 6.06. The summed E-state index contributed by atoms with van der Waals surface area (Å²) in [6.07, 6.45) is 0. The number of rotatable bonds is 6. The molecule has 0 radical (unpaired) electrons. The molecule has 1 heterocycles. The highest BCUT2D eigenvalue weighted by Gasteiger charge is 2.16. The van der Waals surface area contributed by atoms with Crippen LogP contribution >= 0.6 is 11.3 Å². The number of nitro benzene ring substituents is 1. The van der Waals surface area contributed by atoms with Gasteiger partial charge < -0.3 is 10.1 Å². The fourth-order valence-corrected chi connectivity index (χ4v) is 2.36. The summed E-state index contributed by atoms with van der Waals surface area (Å²) in [4.78, 5) is 14.8. The van der Waals surface area contributed by atoms with Crippen LogP contribution in [0.5, 0.6) is 5.75 Å². The minimum Gasteiger partial charge on any atom is -0.480 e. The summed E-state index contributed by atoms with van der Waals surface area (Å²) in [5.41, 5.74) is 1.68. The first-order valence-corrected chi connectivity index (χ1v) is 6.94. The van der Waals surface area contributed by atoms with Crippen molar-refractivity contribution in [3.63, 3.8) is 0 Å². The molecule has 0 aliphatic rings. The van der Waals surface area contributed by atoms with Gasteiger partial charge in [-0.1, -0.05) is 6.07 Å². The molecule has 6 nitrogen and oxygen atoms in total. The third kappa shape index (κ3) is 3.52. The number of hydrogen-bond acceptors (Lipinski definition) is 6. The molecule has 1 aromatic carbocycles. The number of ether oxygens (including phenoxy) is 1. The Labute approximate surface area is 120 Å². The maximum Gasteiger partial charge on any atom is 0.310 e. The van der Waals surface area contributed by atoms with Gasteiger partial charge in [-0.05, 0) is 25.6 Å². The molecule has 20 heavy (non-hydrogen) atoms. The molecular weight excluding hydrogens is 278 g/mol. The Morgan fingerprint density at radius 2 is 2.30 bits per heavy atom. The van der Waals surface area contributed by atoms with Gasteiger partial charge in [0.1, 0.15) is 6.61 Å². The van der Waals surface area contributed by atoms with Gasteiger partial charge in [0, 0.05) is 18.0 Å². The first kappa shape index (κ1) is 14.4. The van der Waals surface area contributed by atoms with E-state index in [4.69, 9.17) is 4.74 Å². The fraction of sp³-hybridized carbons (Fsp3) is 0.308. The predicted molar refractivity (Wildman–Crippen MR) is 77.0 cm³/mol. The highest BCUT2D eigenvalue weighted by atomic mass is 32.1. The van der Waals surface area contributed by atoms with E-state index < -0.39 is 4.92 Å². The molecule has 106 valence electrons. The maximum atomic E-state index is 11.0. The second kappa shape index (κ2) is 6.44. The summed E-state index contributed by atoms with van der Waals surface area (Å²) in [6.45, 7) is 2.77. The lowest BCUT2D eigenvalue weighted by atomic mass is 10.2. The van der Waals surface area contributed by atoms with Crippen LogP contribution in [0.25, 0.3) is 0 Å². The fourth-order valence-electron chi connectivity index (χ4n) is 1.77. The average Bonchev–Trinajstić information content (AvgIpc) is 2.82. The number of hydrogen-bond donors (Lipinski definition) is 1. The van der Waals surface area contributed by atoms with Crippen molar-refractivity contribution in [1.29, 1.82) is 0 Å². The van der Waals surface area contributed by atoms with Crippen LogP contribution in [0.15, 0.2) is 23.6 Å². The number of thiazole rings is 1. The maximum absolute atomic E-state index is 11.0. The zero-order valence-corrected chi connectivity index (χ0v) is 12.1. The molecule has 0 aliphatic heterocycles. The van der Waals surface area contributed by atoms with E-state index >= 15 is 0 Å². The Morgan fingerprint density at radius 1 is 1.50 bits per heavy atom. The van der Waals surface area contributed by atoms with Crippen LogP contribution in [-0.2, 0) is 13.2 Å². The lowest BCUT2D eigenvalue weighted by Crippen LogP contribution is -2.06. The molecule has 0 spiro atoms. The zero-order valence-electron chi connectivity index (χ0n) is 11.3. The highest BCUT2D eigenvalue weighted by Crippen LogP contribution is 2.28. The summed E-state index contributed by atoms with van der Waals surface area (Å²) >= 11 is 1.53. The van der Waals surface area contributed by atoms with E-state index in [2.05, 4.69) is 10.3 Å². The lowest BCUT2D eigenvalue weighted by Gasteiger charge is -2.07. The third-order valence-electron chi connectivity index (χ3n) is 2.64. The average molecular weight is 293 g/mol. The van der Waals surface area contributed by atoms with Crippen molar-refractivity contribution < 1.29 is 9.66 Å². The molecular formula is C13H15N3O3S. The van der Waals surface area contributed by atoms with Gasteiger partial charge in [0.15, 0.2) is 5.75 Å². The molecule has 0 unspecified atom stereocenters. The van der Waals surface area contributed by atoms with Crippen LogP contribution in [0.2, 0.25) is 0 Å². The van der Waals surface area contributed by atoms with Crippen LogP contribution in [0.4, 0.5) is 5.69 Å². The Hall–Kier alpha value is -1.99. The lowest BCUT2D eigenvalue weighted by molar-refractivity contribution is -0.386. The molecule has 1 aromatic heterocycles. The monoisotopic (exact) mass is 293 g/mol. The van der Waals surface area contributed by atoms with Gasteiger partial charge in [0.2, 0.25) is 0 Å². The van der Waals surface area contributed by atoms with E-state index in [0.717, 1.165) is 16.3 Å². The smallest absolute Gasteiger partial charge is 0.310 e. The minimum absolute atomic E-state index is 0.0307. The van der Waals surface area contributed by atoms with E-state index in [1.165, 1.54) is 17.4 Å². The molecule has 0 fully saturated rings. The number of nitrogens with zero attached hydrogens (tertiary/aromatic N) is 2. The van der Waals surface area contributed by atoms with Crippen LogP contribution in [0, 0.1) is 17.0 Å². The summed E-state index contributed by atoms with van der Waals surface area (Å²) in [7, 11) is 1.82. The largest absolute Gasteiger partial charge is 0.480 e. The SMILES string of the molecule is CNCc1ccc([N+](=O)[O-])c(OCc2csc(C)n2)c1. The van der Waals surface area contributed by atoms with Gasteiger partial charge in [0.25, 0.3) is 0 Å². The van der Waals surface area contributed by atoms with E-state index in [9.17, 15) is 10.1 Å². The van der Waals surface area contributed by atoms with Crippen molar-refractivity contribution in [1.82, 2.24) is 10.3 Å². The van der Waals surface area contributed by atoms with Crippen LogP contribution in [0.3, 0.4) is 0 Å². The molecule has 0 amide bonds. The summed E-state index contributed by atoms with van der Waals surface area (Å²) in [5, 5.41) is 16.8. The van der Waals surface area contributed by atoms with Crippen LogP contribution in [-0.4, -0.2) is 17.0 Å². The Kier molecular flexibility index (Phi) is 4.65. The van der Waals surface area contributed by atoms with Crippen molar-refractivity contribution in [3.8, 4) is 5.75 Å².